The van der Waals surface area contributed by atoms with Crippen LogP contribution in [-0.2, 0) is 6.54 Å². The summed E-state index contributed by atoms with van der Waals surface area (Å²) in [6.45, 7) is 4.67. The number of para-hydroxylation sites is 1. The summed E-state index contributed by atoms with van der Waals surface area (Å²) in [5.41, 5.74) is 0.760. The normalized spacial score (nSPS) is 10.3. The lowest BCUT2D eigenvalue weighted by atomic mass is 10.3. The van der Waals surface area contributed by atoms with E-state index in [4.69, 9.17) is 5.11 Å². The third kappa shape index (κ3) is 3.25. The van der Waals surface area contributed by atoms with E-state index in [0.717, 1.165) is 5.69 Å². The van der Waals surface area contributed by atoms with Crippen LogP contribution < -0.4 is 10.2 Å². The van der Waals surface area contributed by atoms with Gasteiger partial charge in [0.05, 0.1) is 5.69 Å². The molecule has 2 amide bonds. The summed E-state index contributed by atoms with van der Waals surface area (Å²) in [4.78, 5) is 25.1. The van der Waals surface area contributed by atoms with Gasteiger partial charge < -0.3 is 10.4 Å². The Morgan fingerprint density at radius 2 is 1.95 bits per heavy atom. The topological polar surface area (TPSA) is 87.5 Å². The molecule has 7 nitrogen and oxygen atoms in total. The molecule has 116 valence electrons. The SMILES string of the molecule is CCN(C(=O)Nc1cn(CC)nc1C(=O)O)c1ccccc1. The fraction of sp³-hybridized carbons (Fsp3) is 0.267. The lowest BCUT2D eigenvalue weighted by molar-refractivity contribution is 0.0690. The molecule has 1 aromatic carbocycles. The zero-order valence-electron chi connectivity index (χ0n) is 12.5. The van der Waals surface area contributed by atoms with Crippen molar-refractivity contribution in [2.45, 2.75) is 20.4 Å². The molecule has 0 aliphatic heterocycles. The van der Waals surface area contributed by atoms with E-state index >= 15 is 0 Å². The highest BCUT2D eigenvalue weighted by Gasteiger charge is 2.20. The molecule has 0 bridgehead atoms. The van der Waals surface area contributed by atoms with Gasteiger partial charge in [-0.2, -0.15) is 5.10 Å². The number of aryl methyl sites for hydroxylation is 1. The van der Waals surface area contributed by atoms with Crippen LogP contribution in [0.5, 0.6) is 0 Å². The first-order valence-electron chi connectivity index (χ1n) is 7.01. The second kappa shape index (κ2) is 6.75. The third-order valence-corrected chi connectivity index (χ3v) is 3.16. The second-order valence-corrected chi connectivity index (χ2v) is 4.56. The maximum atomic E-state index is 12.4. The number of rotatable bonds is 5. The van der Waals surface area contributed by atoms with Crippen LogP contribution in [0.4, 0.5) is 16.2 Å². The number of nitrogens with one attached hydrogen (secondary N) is 1. The van der Waals surface area contributed by atoms with Crippen molar-refractivity contribution in [3.05, 3.63) is 42.2 Å². The number of hydrogen-bond donors (Lipinski definition) is 2. The first-order valence-corrected chi connectivity index (χ1v) is 7.01. The predicted molar refractivity (Wildman–Crippen MR) is 83.3 cm³/mol. The van der Waals surface area contributed by atoms with Gasteiger partial charge in [-0.15, -0.1) is 0 Å². The highest BCUT2D eigenvalue weighted by atomic mass is 16.4. The van der Waals surface area contributed by atoms with E-state index in [1.165, 1.54) is 15.8 Å². The van der Waals surface area contributed by atoms with E-state index in [2.05, 4.69) is 10.4 Å². The number of aromatic nitrogens is 2. The number of nitrogens with zero attached hydrogens (tertiary/aromatic N) is 3. The average molecular weight is 302 g/mol. The standard InChI is InChI=1S/C15H18N4O3/c1-3-18-10-12(13(17-18)14(20)21)16-15(22)19(4-2)11-8-6-5-7-9-11/h5-10H,3-4H2,1-2H3,(H,16,22)(H,20,21). The summed E-state index contributed by atoms with van der Waals surface area (Å²) in [5.74, 6) is -1.18. The maximum Gasteiger partial charge on any atom is 0.358 e. The quantitative estimate of drug-likeness (QED) is 0.889. The number of urea groups is 1. The van der Waals surface area contributed by atoms with Crippen LogP contribution in [0.3, 0.4) is 0 Å². The molecule has 2 rings (SSSR count). The summed E-state index contributed by atoms with van der Waals surface area (Å²) in [5, 5.41) is 15.7. The average Bonchev–Trinajstić information content (AvgIpc) is 2.92. The van der Waals surface area contributed by atoms with Crippen molar-refractivity contribution in [2.24, 2.45) is 0 Å². The van der Waals surface area contributed by atoms with E-state index in [1.807, 2.05) is 44.2 Å². The van der Waals surface area contributed by atoms with E-state index < -0.39 is 12.0 Å². The maximum absolute atomic E-state index is 12.4. The molecular weight excluding hydrogens is 284 g/mol. The molecule has 0 fully saturated rings. The van der Waals surface area contributed by atoms with Crippen molar-refractivity contribution >= 4 is 23.4 Å². The van der Waals surface area contributed by atoms with Gasteiger partial charge in [0.1, 0.15) is 0 Å². The van der Waals surface area contributed by atoms with E-state index in [9.17, 15) is 9.59 Å². The molecule has 2 N–H and O–H groups in total. The van der Waals surface area contributed by atoms with Gasteiger partial charge in [0.15, 0.2) is 5.69 Å². The number of hydrogen-bond acceptors (Lipinski definition) is 3. The molecule has 0 radical (unpaired) electrons. The first kappa shape index (κ1) is 15.6. The predicted octanol–water partition coefficient (Wildman–Crippen LogP) is 2.66. The van der Waals surface area contributed by atoms with Gasteiger partial charge in [-0.05, 0) is 26.0 Å². The molecule has 2 aromatic rings. The lowest BCUT2D eigenvalue weighted by Crippen LogP contribution is -2.35. The Morgan fingerprint density at radius 3 is 2.50 bits per heavy atom. The molecule has 0 aliphatic carbocycles. The zero-order chi connectivity index (χ0) is 16.1. The summed E-state index contributed by atoms with van der Waals surface area (Å²) in [6, 6.07) is 8.77. The van der Waals surface area contributed by atoms with Crippen LogP contribution in [0.15, 0.2) is 36.5 Å². The Morgan fingerprint density at radius 1 is 1.27 bits per heavy atom. The van der Waals surface area contributed by atoms with E-state index in [-0.39, 0.29) is 11.4 Å². The number of carbonyl (C=O) groups excluding carboxylic acids is 1. The molecule has 0 aliphatic rings. The summed E-state index contributed by atoms with van der Waals surface area (Å²) in [6.07, 6.45) is 1.51. The minimum atomic E-state index is -1.18. The van der Waals surface area contributed by atoms with Crippen molar-refractivity contribution in [1.82, 2.24) is 9.78 Å². The number of anilines is 2. The van der Waals surface area contributed by atoms with Crippen LogP contribution in [0.1, 0.15) is 24.3 Å². The van der Waals surface area contributed by atoms with Crippen LogP contribution in [-0.4, -0.2) is 33.4 Å². The molecule has 0 saturated heterocycles. The number of carboxylic acid groups (broad SMARTS) is 1. The number of carbonyl (C=O) groups is 2. The number of benzene rings is 1. The summed E-state index contributed by atoms with van der Waals surface area (Å²) >= 11 is 0. The molecule has 0 saturated carbocycles. The minimum absolute atomic E-state index is 0.167. The number of amides is 2. The number of carboxylic acids is 1. The highest BCUT2D eigenvalue weighted by molar-refractivity contribution is 6.05. The van der Waals surface area contributed by atoms with Crippen LogP contribution in [0.25, 0.3) is 0 Å². The smallest absolute Gasteiger partial charge is 0.358 e. The highest BCUT2D eigenvalue weighted by Crippen LogP contribution is 2.18. The Kier molecular flexibility index (Phi) is 4.77. The van der Waals surface area contributed by atoms with E-state index in [0.29, 0.717) is 13.1 Å². The van der Waals surface area contributed by atoms with Gasteiger partial charge in [-0.3, -0.25) is 9.58 Å². The van der Waals surface area contributed by atoms with E-state index in [1.54, 1.807) is 0 Å². The fourth-order valence-corrected chi connectivity index (χ4v) is 2.07. The van der Waals surface area contributed by atoms with Crippen LogP contribution in [0, 0.1) is 0 Å². The fourth-order valence-electron chi connectivity index (χ4n) is 2.07. The summed E-state index contributed by atoms with van der Waals surface area (Å²) in [7, 11) is 0. The monoisotopic (exact) mass is 302 g/mol. The minimum Gasteiger partial charge on any atom is -0.476 e. The zero-order valence-corrected chi connectivity index (χ0v) is 12.5. The van der Waals surface area contributed by atoms with Gasteiger partial charge in [0.25, 0.3) is 0 Å². The Labute approximate surface area is 128 Å². The van der Waals surface area contributed by atoms with Gasteiger partial charge in [0.2, 0.25) is 0 Å². The molecular formula is C15H18N4O3. The molecule has 1 heterocycles. The molecule has 0 spiro atoms. The third-order valence-electron chi connectivity index (χ3n) is 3.16. The first-order chi connectivity index (χ1) is 10.6. The largest absolute Gasteiger partial charge is 0.476 e. The van der Waals surface area contributed by atoms with Crippen LogP contribution >= 0.6 is 0 Å². The van der Waals surface area contributed by atoms with Crippen molar-refractivity contribution in [1.29, 1.82) is 0 Å². The van der Waals surface area contributed by atoms with Crippen molar-refractivity contribution in [3.8, 4) is 0 Å². The molecule has 0 unspecified atom stereocenters. The lowest BCUT2D eigenvalue weighted by Gasteiger charge is -2.21. The molecule has 0 atom stereocenters. The Hall–Kier alpha value is -2.83. The Balaban J connectivity index is 2.24. The Bertz CT molecular complexity index is 667. The molecule has 7 heteroatoms. The molecule has 22 heavy (non-hydrogen) atoms. The van der Waals surface area contributed by atoms with Gasteiger partial charge in [-0.1, -0.05) is 18.2 Å². The summed E-state index contributed by atoms with van der Waals surface area (Å²) < 4.78 is 1.47. The van der Waals surface area contributed by atoms with Crippen molar-refractivity contribution < 1.29 is 14.7 Å². The molecule has 1 aromatic heterocycles. The van der Waals surface area contributed by atoms with Crippen LogP contribution in [0.2, 0.25) is 0 Å². The van der Waals surface area contributed by atoms with Gasteiger partial charge in [-0.25, -0.2) is 9.59 Å². The number of aromatic carboxylic acids is 1. The van der Waals surface area contributed by atoms with Gasteiger partial charge >= 0.3 is 12.0 Å². The second-order valence-electron chi connectivity index (χ2n) is 4.56. The van der Waals surface area contributed by atoms with Gasteiger partial charge in [0, 0.05) is 25.0 Å². The van der Waals surface area contributed by atoms with Crippen molar-refractivity contribution in [2.75, 3.05) is 16.8 Å². The van der Waals surface area contributed by atoms with Crippen molar-refractivity contribution in [3.63, 3.8) is 0 Å².